The summed E-state index contributed by atoms with van der Waals surface area (Å²) in [5, 5.41) is 0.665. The first-order chi connectivity index (χ1) is 6.84. The third kappa shape index (κ3) is 2.20. The van der Waals surface area contributed by atoms with Gasteiger partial charge in [0.1, 0.15) is 5.75 Å². The van der Waals surface area contributed by atoms with Gasteiger partial charge in [-0.2, -0.15) is 4.98 Å². The summed E-state index contributed by atoms with van der Waals surface area (Å²) in [7, 11) is 0. The Kier molecular flexibility index (Phi) is 2.60. The van der Waals surface area contributed by atoms with Gasteiger partial charge in [-0.1, -0.05) is 11.6 Å². The lowest BCUT2D eigenvalue weighted by molar-refractivity contribution is 0.441. The van der Waals surface area contributed by atoms with E-state index in [-0.39, 0.29) is 6.01 Å². The molecule has 0 amide bonds. The molecule has 0 aliphatic rings. The predicted octanol–water partition coefficient (Wildman–Crippen LogP) is 2.72. The zero-order valence-corrected chi connectivity index (χ0v) is 7.90. The number of hydrogen-bond acceptors (Lipinski definition) is 3. The van der Waals surface area contributed by atoms with Gasteiger partial charge in [0.15, 0.2) is 0 Å². The maximum atomic E-state index is 5.72. The lowest BCUT2D eigenvalue weighted by Crippen LogP contribution is -1.89. The zero-order chi connectivity index (χ0) is 9.80. The predicted molar refractivity (Wildman–Crippen MR) is 52.4 cm³/mol. The van der Waals surface area contributed by atoms with E-state index >= 15 is 0 Å². The molecular formula is C10H6ClN2O. The second-order valence-electron chi connectivity index (χ2n) is 2.52. The van der Waals surface area contributed by atoms with Crippen LogP contribution in [-0.4, -0.2) is 9.97 Å². The molecule has 14 heavy (non-hydrogen) atoms. The molecule has 0 bridgehead atoms. The van der Waals surface area contributed by atoms with Gasteiger partial charge < -0.3 is 4.74 Å². The fourth-order valence-electron chi connectivity index (χ4n) is 0.913. The van der Waals surface area contributed by atoms with E-state index in [2.05, 4.69) is 16.2 Å². The monoisotopic (exact) mass is 205 g/mol. The van der Waals surface area contributed by atoms with Gasteiger partial charge in [0, 0.05) is 11.2 Å². The maximum absolute atomic E-state index is 5.72. The quantitative estimate of drug-likeness (QED) is 0.756. The van der Waals surface area contributed by atoms with Crippen LogP contribution >= 0.6 is 11.6 Å². The minimum Gasteiger partial charge on any atom is -0.424 e. The molecule has 1 heterocycles. The standard InChI is InChI=1S/C10H6ClN2O/c11-8-2-4-9(5-3-8)14-10-12-6-1-7-13-10/h1-6H. The molecule has 69 valence electrons. The highest BCUT2D eigenvalue weighted by molar-refractivity contribution is 6.30. The largest absolute Gasteiger partial charge is 0.424 e. The Morgan fingerprint density at radius 1 is 1.21 bits per heavy atom. The van der Waals surface area contributed by atoms with E-state index in [9.17, 15) is 0 Å². The van der Waals surface area contributed by atoms with E-state index in [0.29, 0.717) is 10.8 Å². The molecule has 3 nitrogen and oxygen atoms in total. The zero-order valence-electron chi connectivity index (χ0n) is 7.14. The molecule has 0 N–H and O–H groups in total. The van der Waals surface area contributed by atoms with Crippen molar-refractivity contribution in [1.29, 1.82) is 0 Å². The van der Waals surface area contributed by atoms with Gasteiger partial charge in [0.05, 0.1) is 6.20 Å². The highest BCUT2D eigenvalue weighted by atomic mass is 35.5. The normalized spacial score (nSPS) is 9.79. The molecular weight excluding hydrogens is 200 g/mol. The lowest BCUT2D eigenvalue weighted by atomic mass is 10.3. The van der Waals surface area contributed by atoms with Crippen molar-refractivity contribution in [3.8, 4) is 11.8 Å². The second-order valence-corrected chi connectivity index (χ2v) is 2.96. The van der Waals surface area contributed by atoms with Gasteiger partial charge in [-0.3, -0.25) is 0 Å². The van der Waals surface area contributed by atoms with Crippen molar-refractivity contribution in [1.82, 2.24) is 9.97 Å². The van der Waals surface area contributed by atoms with Crippen LogP contribution in [0.4, 0.5) is 0 Å². The molecule has 1 aromatic carbocycles. The van der Waals surface area contributed by atoms with Crippen molar-refractivity contribution in [2.24, 2.45) is 0 Å². The van der Waals surface area contributed by atoms with Crippen LogP contribution in [0.25, 0.3) is 0 Å². The van der Waals surface area contributed by atoms with Crippen LogP contribution in [-0.2, 0) is 0 Å². The first kappa shape index (κ1) is 8.97. The van der Waals surface area contributed by atoms with Gasteiger partial charge in [0.25, 0.3) is 0 Å². The summed E-state index contributed by atoms with van der Waals surface area (Å²) in [6.45, 7) is 0. The maximum Gasteiger partial charge on any atom is 0.322 e. The van der Waals surface area contributed by atoms with Crippen LogP contribution in [0.2, 0.25) is 5.02 Å². The van der Waals surface area contributed by atoms with E-state index in [1.807, 2.05) is 0 Å². The Labute approximate surface area is 86.3 Å². The van der Waals surface area contributed by atoms with Crippen molar-refractivity contribution >= 4 is 11.6 Å². The van der Waals surface area contributed by atoms with E-state index in [0.717, 1.165) is 0 Å². The smallest absolute Gasteiger partial charge is 0.322 e. The molecule has 0 aliphatic carbocycles. The number of benzene rings is 1. The summed E-state index contributed by atoms with van der Waals surface area (Å²) in [5.41, 5.74) is 0. The molecule has 0 aliphatic heterocycles. The van der Waals surface area contributed by atoms with E-state index in [1.165, 1.54) is 0 Å². The number of rotatable bonds is 2. The third-order valence-electron chi connectivity index (χ3n) is 1.52. The van der Waals surface area contributed by atoms with Crippen molar-refractivity contribution < 1.29 is 4.74 Å². The molecule has 0 fully saturated rings. The number of aromatic nitrogens is 2. The Hall–Kier alpha value is -1.61. The molecule has 0 unspecified atom stereocenters. The summed E-state index contributed by atoms with van der Waals surface area (Å²) in [4.78, 5) is 7.70. The van der Waals surface area contributed by atoms with E-state index in [1.54, 1.807) is 36.5 Å². The van der Waals surface area contributed by atoms with Gasteiger partial charge in [-0.25, -0.2) is 4.98 Å². The second kappa shape index (κ2) is 4.07. The Morgan fingerprint density at radius 2 is 2.00 bits per heavy atom. The molecule has 0 saturated heterocycles. The SMILES string of the molecule is Clc1ccc(Oc2n[c]ccn2)cc1. The average Bonchev–Trinajstić information content (AvgIpc) is 2.23. The van der Waals surface area contributed by atoms with Crippen molar-refractivity contribution in [3.05, 3.63) is 47.7 Å². The molecule has 1 radical (unpaired) electrons. The Balaban J connectivity index is 2.16. The van der Waals surface area contributed by atoms with Crippen molar-refractivity contribution in [2.45, 2.75) is 0 Å². The average molecular weight is 206 g/mol. The minimum atomic E-state index is 0.273. The third-order valence-corrected chi connectivity index (χ3v) is 1.77. The molecule has 0 saturated carbocycles. The fraction of sp³-hybridized carbons (Fsp3) is 0. The molecule has 0 spiro atoms. The highest BCUT2D eigenvalue weighted by Gasteiger charge is 1.97. The molecule has 2 rings (SSSR count). The summed E-state index contributed by atoms with van der Waals surface area (Å²) < 4.78 is 5.32. The van der Waals surface area contributed by atoms with Gasteiger partial charge >= 0.3 is 6.01 Å². The number of hydrogen-bond donors (Lipinski definition) is 0. The van der Waals surface area contributed by atoms with Crippen LogP contribution in [0, 0.1) is 6.20 Å². The summed E-state index contributed by atoms with van der Waals surface area (Å²) >= 11 is 5.72. The van der Waals surface area contributed by atoms with Crippen molar-refractivity contribution in [3.63, 3.8) is 0 Å². The summed E-state index contributed by atoms with van der Waals surface area (Å²) in [5.74, 6) is 0.647. The Morgan fingerprint density at radius 3 is 2.64 bits per heavy atom. The molecule has 0 atom stereocenters. The summed E-state index contributed by atoms with van der Waals surface area (Å²) in [6.07, 6.45) is 4.20. The van der Waals surface area contributed by atoms with E-state index < -0.39 is 0 Å². The first-order valence-corrected chi connectivity index (χ1v) is 4.35. The number of nitrogens with zero attached hydrogens (tertiary/aromatic N) is 2. The van der Waals surface area contributed by atoms with Crippen LogP contribution in [0.1, 0.15) is 0 Å². The molecule has 2 aromatic rings. The fourth-order valence-corrected chi connectivity index (χ4v) is 1.04. The van der Waals surface area contributed by atoms with Crippen LogP contribution in [0.15, 0.2) is 36.5 Å². The molecule has 1 aromatic heterocycles. The van der Waals surface area contributed by atoms with Crippen LogP contribution in [0.3, 0.4) is 0 Å². The molecule has 4 heteroatoms. The van der Waals surface area contributed by atoms with E-state index in [4.69, 9.17) is 16.3 Å². The number of ether oxygens (including phenoxy) is 1. The minimum absolute atomic E-state index is 0.273. The Bertz CT molecular complexity index is 402. The van der Waals surface area contributed by atoms with Crippen LogP contribution in [0.5, 0.6) is 11.8 Å². The van der Waals surface area contributed by atoms with Gasteiger partial charge in [0.2, 0.25) is 0 Å². The van der Waals surface area contributed by atoms with Gasteiger partial charge in [-0.15, -0.1) is 0 Å². The first-order valence-electron chi connectivity index (χ1n) is 3.97. The van der Waals surface area contributed by atoms with Gasteiger partial charge in [-0.05, 0) is 30.3 Å². The highest BCUT2D eigenvalue weighted by Crippen LogP contribution is 2.19. The topological polar surface area (TPSA) is 35.0 Å². The van der Waals surface area contributed by atoms with Crippen molar-refractivity contribution in [2.75, 3.05) is 0 Å². The van der Waals surface area contributed by atoms with Crippen LogP contribution < -0.4 is 4.74 Å². The lowest BCUT2D eigenvalue weighted by Gasteiger charge is -2.01. The number of halogens is 1. The summed E-state index contributed by atoms with van der Waals surface area (Å²) in [6, 6.07) is 8.86.